The van der Waals surface area contributed by atoms with Gasteiger partial charge in [0.1, 0.15) is 5.82 Å². The molecule has 2 aromatic rings. The number of hydrogen-bond donors (Lipinski definition) is 0. The van der Waals surface area contributed by atoms with Crippen LogP contribution in [-0.4, -0.2) is 60.5 Å². The van der Waals surface area contributed by atoms with Gasteiger partial charge in [-0.2, -0.15) is 5.26 Å². The van der Waals surface area contributed by atoms with Crippen molar-refractivity contribution in [3.05, 3.63) is 59.8 Å². The van der Waals surface area contributed by atoms with Gasteiger partial charge in [0.25, 0.3) is 0 Å². The topological polar surface area (TPSA) is 63.5 Å². The lowest BCUT2D eigenvalue weighted by Gasteiger charge is -2.36. The number of hydrogen-bond acceptors (Lipinski definition) is 5. The van der Waals surface area contributed by atoms with Gasteiger partial charge in [-0.3, -0.25) is 9.69 Å². The maximum absolute atomic E-state index is 12.5. The molecule has 2 heterocycles. The van der Waals surface area contributed by atoms with E-state index >= 15 is 0 Å². The van der Waals surface area contributed by atoms with Crippen molar-refractivity contribution in [1.82, 2.24) is 14.8 Å². The summed E-state index contributed by atoms with van der Waals surface area (Å²) in [6, 6.07) is 15.8. The number of piperazine rings is 1. The highest BCUT2D eigenvalue weighted by Crippen LogP contribution is 2.15. The summed E-state index contributed by atoms with van der Waals surface area (Å²) in [5.41, 5.74) is 1.81. The van der Waals surface area contributed by atoms with E-state index in [4.69, 9.17) is 5.26 Å². The van der Waals surface area contributed by atoms with Crippen LogP contribution in [0.2, 0.25) is 0 Å². The number of aromatic nitrogens is 1. The molecule has 1 aromatic carbocycles. The summed E-state index contributed by atoms with van der Waals surface area (Å²) >= 11 is 0. The highest BCUT2D eigenvalue weighted by atomic mass is 16.2. The second kappa shape index (κ2) is 8.45. The smallest absolute Gasteiger partial charge is 0.236 e. The van der Waals surface area contributed by atoms with Gasteiger partial charge in [-0.15, -0.1) is 0 Å². The van der Waals surface area contributed by atoms with E-state index < -0.39 is 0 Å². The van der Waals surface area contributed by atoms with Gasteiger partial charge in [0.2, 0.25) is 5.91 Å². The Hall–Kier alpha value is -2.91. The van der Waals surface area contributed by atoms with Crippen LogP contribution in [0, 0.1) is 11.3 Å². The van der Waals surface area contributed by atoms with Crippen LogP contribution in [-0.2, 0) is 11.3 Å². The van der Waals surface area contributed by atoms with Gasteiger partial charge in [-0.05, 0) is 24.7 Å². The molecule has 0 saturated carbocycles. The number of benzene rings is 1. The molecule has 0 aliphatic carbocycles. The van der Waals surface area contributed by atoms with Gasteiger partial charge in [0.05, 0.1) is 18.2 Å². The summed E-state index contributed by atoms with van der Waals surface area (Å²) in [6.45, 7) is 3.99. The van der Waals surface area contributed by atoms with Crippen LogP contribution in [0.4, 0.5) is 5.82 Å². The molecule has 6 heteroatoms. The number of likely N-dealkylation sites (N-methyl/N-ethyl adjacent to an activating group) is 1. The Bertz CT molecular complexity index is 778. The summed E-state index contributed by atoms with van der Waals surface area (Å²) in [4.78, 5) is 23.0. The van der Waals surface area contributed by atoms with E-state index in [1.54, 1.807) is 18.3 Å². The average Bonchev–Trinajstić information content (AvgIpc) is 2.69. The van der Waals surface area contributed by atoms with Gasteiger partial charge < -0.3 is 9.80 Å². The molecule has 6 nitrogen and oxygen atoms in total. The van der Waals surface area contributed by atoms with Crippen LogP contribution in [0.15, 0.2) is 48.7 Å². The van der Waals surface area contributed by atoms with Crippen molar-refractivity contribution in [2.45, 2.75) is 6.54 Å². The molecule has 0 N–H and O–H groups in total. The monoisotopic (exact) mass is 349 g/mol. The molecule has 1 amide bonds. The van der Waals surface area contributed by atoms with Gasteiger partial charge in [0.15, 0.2) is 0 Å². The molecule has 26 heavy (non-hydrogen) atoms. The van der Waals surface area contributed by atoms with E-state index in [0.29, 0.717) is 25.2 Å². The van der Waals surface area contributed by atoms with Crippen molar-refractivity contribution in [3.63, 3.8) is 0 Å². The van der Waals surface area contributed by atoms with Crippen LogP contribution in [0.25, 0.3) is 0 Å². The first kappa shape index (κ1) is 17.9. The van der Waals surface area contributed by atoms with Crippen molar-refractivity contribution >= 4 is 11.7 Å². The lowest BCUT2D eigenvalue weighted by molar-refractivity contribution is -0.132. The van der Waals surface area contributed by atoms with Gasteiger partial charge >= 0.3 is 0 Å². The van der Waals surface area contributed by atoms with E-state index in [-0.39, 0.29) is 5.91 Å². The lowest BCUT2D eigenvalue weighted by atomic mass is 10.2. The quantitative estimate of drug-likeness (QED) is 0.823. The predicted octanol–water partition coefficient (Wildman–Crippen LogP) is 1.73. The maximum atomic E-state index is 12.5. The number of carbonyl (C=O) groups is 1. The van der Waals surface area contributed by atoms with Crippen LogP contribution in [0.3, 0.4) is 0 Å². The fourth-order valence-corrected chi connectivity index (χ4v) is 3.13. The highest BCUT2D eigenvalue weighted by molar-refractivity contribution is 5.78. The molecule has 0 atom stereocenters. The number of carbonyl (C=O) groups excluding carboxylic acids is 1. The second-order valence-electron chi connectivity index (χ2n) is 6.54. The first-order valence-electron chi connectivity index (χ1n) is 8.77. The van der Waals surface area contributed by atoms with Gasteiger partial charge in [0, 0.05) is 38.9 Å². The number of pyridine rings is 1. The number of amides is 1. The molecule has 0 spiro atoms. The van der Waals surface area contributed by atoms with Crippen LogP contribution in [0.5, 0.6) is 0 Å². The van der Waals surface area contributed by atoms with E-state index in [0.717, 1.165) is 25.5 Å². The molecule has 134 valence electrons. The molecule has 1 aliphatic heterocycles. The fourth-order valence-electron chi connectivity index (χ4n) is 3.13. The Balaban J connectivity index is 1.49. The molecule has 0 radical (unpaired) electrons. The van der Waals surface area contributed by atoms with Gasteiger partial charge in [-0.1, -0.05) is 30.3 Å². The minimum absolute atomic E-state index is 0.154. The Labute approximate surface area is 154 Å². The molecule has 1 saturated heterocycles. The highest BCUT2D eigenvalue weighted by Gasteiger charge is 2.22. The molecule has 3 rings (SSSR count). The number of nitrogens with zero attached hydrogens (tertiary/aromatic N) is 5. The first-order valence-corrected chi connectivity index (χ1v) is 8.77. The zero-order chi connectivity index (χ0) is 18.4. The maximum Gasteiger partial charge on any atom is 0.236 e. The molecule has 0 bridgehead atoms. The molecule has 1 aromatic heterocycles. The largest absolute Gasteiger partial charge is 0.353 e. The zero-order valence-electron chi connectivity index (χ0n) is 15.0. The minimum Gasteiger partial charge on any atom is -0.353 e. The van der Waals surface area contributed by atoms with Crippen molar-refractivity contribution in [2.24, 2.45) is 0 Å². The van der Waals surface area contributed by atoms with Crippen molar-refractivity contribution < 1.29 is 4.79 Å². The molecule has 0 unspecified atom stereocenters. The van der Waals surface area contributed by atoms with Crippen molar-refractivity contribution in [2.75, 3.05) is 44.7 Å². The zero-order valence-corrected chi connectivity index (χ0v) is 15.0. The van der Waals surface area contributed by atoms with Gasteiger partial charge in [-0.25, -0.2) is 4.98 Å². The molecular formula is C20H23N5O. The van der Waals surface area contributed by atoms with E-state index in [1.165, 1.54) is 5.56 Å². The van der Waals surface area contributed by atoms with Crippen molar-refractivity contribution in [1.29, 1.82) is 5.26 Å². The summed E-state index contributed by atoms with van der Waals surface area (Å²) in [5, 5.41) is 9.01. The Kier molecular flexibility index (Phi) is 5.82. The number of rotatable bonds is 5. The van der Waals surface area contributed by atoms with Crippen LogP contribution in [0.1, 0.15) is 11.1 Å². The lowest BCUT2D eigenvalue weighted by Crippen LogP contribution is -2.51. The van der Waals surface area contributed by atoms with Crippen LogP contribution < -0.4 is 4.90 Å². The average molecular weight is 349 g/mol. The minimum atomic E-state index is 0.154. The molecule has 1 aliphatic rings. The summed E-state index contributed by atoms with van der Waals surface area (Å²) in [7, 11) is 1.97. The molecular weight excluding hydrogens is 326 g/mol. The third-order valence-electron chi connectivity index (χ3n) is 4.53. The normalized spacial score (nSPS) is 14.3. The van der Waals surface area contributed by atoms with E-state index in [2.05, 4.69) is 28.1 Å². The number of anilines is 1. The number of nitriles is 1. The third kappa shape index (κ3) is 4.58. The van der Waals surface area contributed by atoms with E-state index in [9.17, 15) is 4.79 Å². The summed E-state index contributed by atoms with van der Waals surface area (Å²) in [6.07, 6.45) is 1.66. The van der Waals surface area contributed by atoms with Crippen molar-refractivity contribution in [3.8, 4) is 6.07 Å². The third-order valence-corrected chi connectivity index (χ3v) is 4.53. The van der Waals surface area contributed by atoms with Crippen LogP contribution >= 0.6 is 0 Å². The fraction of sp³-hybridized carbons (Fsp3) is 0.350. The predicted molar refractivity (Wildman–Crippen MR) is 101 cm³/mol. The summed E-state index contributed by atoms with van der Waals surface area (Å²) in [5.74, 6) is 0.958. The van der Waals surface area contributed by atoms with E-state index in [1.807, 2.05) is 35.0 Å². The Morgan fingerprint density at radius 3 is 2.62 bits per heavy atom. The SMILES string of the molecule is CN(CC(=O)N1CCN(c2cc(C#N)ccn2)CC1)Cc1ccccc1. The Morgan fingerprint density at radius 2 is 1.92 bits per heavy atom. The Morgan fingerprint density at radius 1 is 1.19 bits per heavy atom. The second-order valence-corrected chi connectivity index (χ2v) is 6.54. The standard InChI is InChI=1S/C20H23N5O/c1-23(15-17-5-3-2-4-6-17)16-20(26)25-11-9-24(10-12-25)19-13-18(14-21)7-8-22-19/h2-8,13H,9-12,15-16H2,1H3. The summed E-state index contributed by atoms with van der Waals surface area (Å²) < 4.78 is 0. The first-order chi connectivity index (χ1) is 12.7. The molecule has 1 fully saturated rings.